The number of aryl methyl sites for hydroxylation is 2. The van der Waals surface area contributed by atoms with E-state index in [1.807, 2.05) is 0 Å². The van der Waals surface area contributed by atoms with Gasteiger partial charge in [0, 0.05) is 11.4 Å². The number of fused-ring (bicyclic) bond motifs is 1. The van der Waals surface area contributed by atoms with Gasteiger partial charge in [-0.05, 0) is 56.6 Å². The lowest BCUT2D eigenvalue weighted by molar-refractivity contribution is 0.627. The number of hydrogen-bond donors (Lipinski definition) is 1. The Kier molecular flexibility index (Phi) is 4.70. The number of nitrogens with one attached hydrogen (secondary N) is 1. The van der Waals surface area contributed by atoms with Gasteiger partial charge in [-0.1, -0.05) is 32.6 Å². The van der Waals surface area contributed by atoms with E-state index in [4.69, 9.17) is 0 Å². The second kappa shape index (κ2) is 6.28. The van der Waals surface area contributed by atoms with E-state index in [1.165, 1.54) is 69.9 Å². The molecule has 1 N–H and O–H groups in total. The topological polar surface area (TPSA) is 15.8 Å². The van der Waals surface area contributed by atoms with Gasteiger partial charge in [0.1, 0.15) is 0 Å². The molecule has 0 unspecified atom stereocenters. The van der Waals surface area contributed by atoms with Crippen LogP contribution < -0.4 is 0 Å². The zero-order valence-corrected chi connectivity index (χ0v) is 11.6. The molecule has 1 nitrogen and oxygen atoms in total. The van der Waals surface area contributed by atoms with Crippen LogP contribution in [0.25, 0.3) is 0 Å². The summed E-state index contributed by atoms with van der Waals surface area (Å²) in [5, 5.41) is 0. The summed E-state index contributed by atoms with van der Waals surface area (Å²) in [7, 11) is 0. The summed E-state index contributed by atoms with van der Waals surface area (Å²) in [6.07, 6.45) is 13.6. The van der Waals surface area contributed by atoms with E-state index in [0.29, 0.717) is 0 Å². The standard InChI is InChI=1S/C16H27N/c1-3-4-5-6-7-11-15-13(2)14-10-8-9-12-16(14)17-15/h17H,3-12H2,1-2H3. The number of hydrogen-bond acceptors (Lipinski definition) is 0. The molecule has 1 heterocycles. The van der Waals surface area contributed by atoms with Gasteiger partial charge in [-0.25, -0.2) is 0 Å². The molecule has 96 valence electrons. The van der Waals surface area contributed by atoms with Crippen LogP contribution in [-0.2, 0) is 19.3 Å². The van der Waals surface area contributed by atoms with Crippen LogP contribution in [-0.4, -0.2) is 4.98 Å². The molecule has 0 fully saturated rings. The normalized spacial score (nSPS) is 14.9. The van der Waals surface area contributed by atoms with Crippen LogP contribution in [0.2, 0.25) is 0 Å². The number of H-pyrrole nitrogens is 1. The molecule has 0 aromatic carbocycles. The summed E-state index contributed by atoms with van der Waals surface area (Å²) >= 11 is 0. The predicted molar refractivity (Wildman–Crippen MR) is 74.6 cm³/mol. The molecule has 17 heavy (non-hydrogen) atoms. The highest BCUT2D eigenvalue weighted by molar-refractivity contribution is 5.37. The molecule has 1 aromatic heterocycles. The minimum Gasteiger partial charge on any atom is -0.362 e. The van der Waals surface area contributed by atoms with Crippen LogP contribution in [0.3, 0.4) is 0 Å². The average molecular weight is 233 g/mol. The second-order valence-electron chi connectivity index (χ2n) is 5.56. The van der Waals surface area contributed by atoms with Crippen molar-refractivity contribution in [3.63, 3.8) is 0 Å². The third-order valence-corrected chi connectivity index (χ3v) is 4.21. The first-order valence-electron chi connectivity index (χ1n) is 7.52. The maximum atomic E-state index is 3.69. The van der Waals surface area contributed by atoms with Crippen LogP contribution in [0.5, 0.6) is 0 Å². The summed E-state index contributed by atoms with van der Waals surface area (Å²) in [6.45, 7) is 4.60. The molecule has 1 aromatic rings. The maximum Gasteiger partial charge on any atom is 0.0184 e. The van der Waals surface area contributed by atoms with Crippen molar-refractivity contribution in [1.82, 2.24) is 4.98 Å². The van der Waals surface area contributed by atoms with E-state index < -0.39 is 0 Å². The number of unbranched alkanes of at least 4 members (excludes halogenated alkanes) is 4. The van der Waals surface area contributed by atoms with E-state index in [9.17, 15) is 0 Å². The molecule has 0 radical (unpaired) electrons. The zero-order chi connectivity index (χ0) is 12.1. The molecule has 1 heteroatoms. The van der Waals surface area contributed by atoms with E-state index in [2.05, 4.69) is 18.8 Å². The van der Waals surface area contributed by atoms with Crippen LogP contribution >= 0.6 is 0 Å². The Morgan fingerprint density at radius 3 is 2.53 bits per heavy atom. The third-order valence-electron chi connectivity index (χ3n) is 4.21. The Bertz CT molecular complexity index is 349. The largest absolute Gasteiger partial charge is 0.362 e. The van der Waals surface area contributed by atoms with Gasteiger partial charge in [-0.2, -0.15) is 0 Å². The van der Waals surface area contributed by atoms with Gasteiger partial charge in [0.2, 0.25) is 0 Å². The van der Waals surface area contributed by atoms with Crippen molar-refractivity contribution < 1.29 is 0 Å². The molecule has 0 amide bonds. The van der Waals surface area contributed by atoms with Crippen molar-refractivity contribution in [3.05, 3.63) is 22.5 Å². The first kappa shape index (κ1) is 12.7. The van der Waals surface area contributed by atoms with Gasteiger partial charge in [0.25, 0.3) is 0 Å². The van der Waals surface area contributed by atoms with Crippen molar-refractivity contribution in [3.8, 4) is 0 Å². The molecule has 2 rings (SSSR count). The Hall–Kier alpha value is -0.720. The van der Waals surface area contributed by atoms with Gasteiger partial charge in [0.05, 0.1) is 0 Å². The fraction of sp³-hybridized carbons (Fsp3) is 0.750. The lowest BCUT2D eigenvalue weighted by atomic mass is 9.94. The minimum absolute atomic E-state index is 1.27. The van der Waals surface area contributed by atoms with Crippen molar-refractivity contribution in [1.29, 1.82) is 0 Å². The number of aromatic amines is 1. The number of aromatic nitrogens is 1. The summed E-state index contributed by atoms with van der Waals surface area (Å²) in [6, 6.07) is 0. The fourth-order valence-corrected chi connectivity index (χ4v) is 3.07. The molecule has 0 bridgehead atoms. The van der Waals surface area contributed by atoms with E-state index in [0.717, 1.165) is 0 Å². The molecule has 0 spiro atoms. The van der Waals surface area contributed by atoms with Crippen molar-refractivity contribution in [2.75, 3.05) is 0 Å². The van der Waals surface area contributed by atoms with Gasteiger partial charge in [0.15, 0.2) is 0 Å². The van der Waals surface area contributed by atoms with Gasteiger partial charge >= 0.3 is 0 Å². The Labute approximate surface area is 106 Å². The first-order chi connectivity index (χ1) is 8.33. The van der Waals surface area contributed by atoms with Crippen LogP contribution in [0.1, 0.15) is 74.4 Å². The quantitative estimate of drug-likeness (QED) is 0.685. The van der Waals surface area contributed by atoms with Crippen molar-refractivity contribution in [2.45, 2.75) is 78.1 Å². The molecule has 1 aliphatic carbocycles. The average Bonchev–Trinajstić information content (AvgIpc) is 2.67. The lowest BCUT2D eigenvalue weighted by Crippen LogP contribution is -2.00. The molecule has 0 saturated heterocycles. The van der Waals surface area contributed by atoms with E-state index in [-0.39, 0.29) is 0 Å². The number of rotatable bonds is 6. The maximum absolute atomic E-state index is 3.69. The Morgan fingerprint density at radius 1 is 1.00 bits per heavy atom. The molecule has 1 aliphatic rings. The van der Waals surface area contributed by atoms with Crippen LogP contribution in [0.4, 0.5) is 0 Å². The third kappa shape index (κ3) is 3.14. The van der Waals surface area contributed by atoms with Gasteiger partial charge in [-0.3, -0.25) is 0 Å². The highest BCUT2D eigenvalue weighted by atomic mass is 14.7. The molecular formula is C16H27N. The fourth-order valence-electron chi connectivity index (χ4n) is 3.07. The van der Waals surface area contributed by atoms with E-state index in [1.54, 1.807) is 16.8 Å². The minimum atomic E-state index is 1.27. The van der Waals surface area contributed by atoms with Crippen LogP contribution in [0, 0.1) is 6.92 Å². The van der Waals surface area contributed by atoms with Gasteiger partial charge in [-0.15, -0.1) is 0 Å². The van der Waals surface area contributed by atoms with E-state index >= 15 is 0 Å². The zero-order valence-electron chi connectivity index (χ0n) is 11.6. The van der Waals surface area contributed by atoms with Crippen LogP contribution in [0.15, 0.2) is 0 Å². The Balaban J connectivity index is 1.86. The summed E-state index contributed by atoms with van der Waals surface area (Å²) in [4.78, 5) is 3.69. The predicted octanol–water partition coefficient (Wildman–Crippen LogP) is 4.71. The Morgan fingerprint density at radius 2 is 1.76 bits per heavy atom. The van der Waals surface area contributed by atoms with Crippen molar-refractivity contribution in [2.24, 2.45) is 0 Å². The summed E-state index contributed by atoms with van der Waals surface area (Å²) in [5.41, 5.74) is 6.32. The summed E-state index contributed by atoms with van der Waals surface area (Å²) in [5.74, 6) is 0. The highest BCUT2D eigenvalue weighted by Crippen LogP contribution is 2.27. The van der Waals surface area contributed by atoms with Crippen molar-refractivity contribution >= 4 is 0 Å². The van der Waals surface area contributed by atoms with Gasteiger partial charge < -0.3 is 4.98 Å². The summed E-state index contributed by atoms with van der Waals surface area (Å²) < 4.78 is 0. The monoisotopic (exact) mass is 233 g/mol. The lowest BCUT2D eigenvalue weighted by Gasteiger charge is -2.10. The highest BCUT2D eigenvalue weighted by Gasteiger charge is 2.16. The smallest absolute Gasteiger partial charge is 0.0184 e. The molecular weight excluding hydrogens is 206 g/mol. The second-order valence-corrected chi connectivity index (χ2v) is 5.56. The molecule has 0 aliphatic heterocycles. The SMILES string of the molecule is CCCCCCCc1[nH]c2c(c1C)CCCC2. The molecule has 0 atom stereocenters. The first-order valence-corrected chi connectivity index (χ1v) is 7.52. The molecule has 0 saturated carbocycles.